The third-order valence-electron chi connectivity index (χ3n) is 6.49. The number of fused-ring (bicyclic) bond motifs is 2. The van der Waals surface area contributed by atoms with Gasteiger partial charge in [0.15, 0.2) is 0 Å². The van der Waals surface area contributed by atoms with E-state index in [1.807, 2.05) is 48.5 Å². The van der Waals surface area contributed by atoms with Gasteiger partial charge in [-0.15, -0.1) is 0 Å². The Bertz CT molecular complexity index is 1400. The normalized spacial score (nSPS) is 13.8. The van der Waals surface area contributed by atoms with Crippen molar-refractivity contribution < 1.29 is 5.11 Å². The van der Waals surface area contributed by atoms with Crippen LogP contribution in [-0.4, -0.2) is 21.3 Å². The summed E-state index contributed by atoms with van der Waals surface area (Å²) >= 11 is 0. The summed E-state index contributed by atoms with van der Waals surface area (Å²) in [6.07, 6.45) is 3.87. The number of rotatable bonds is 5. The molecule has 1 N–H and O–H groups in total. The second-order valence-corrected chi connectivity index (χ2v) is 8.55. The highest BCUT2D eigenvalue weighted by atomic mass is 16.3. The van der Waals surface area contributed by atoms with Gasteiger partial charge in [-0.3, -0.25) is 9.36 Å². The van der Waals surface area contributed by atoms with Crippen molar-refractivity contribution in [2.24, 2.45) is 0 Å². The van der Waals surface area contributed by atoms with E-state index in [1.54, 1.807) is 4.57 Å². The van der Waals surface area contributed by atoms with E-state index in [2.05, 4.69) is 38.1 Å². The van der Waals surface area contributed by atoms with Crippen LogP contribution in [0.15, 0.2) is 77.1 Å². The summed E-state index contributed by atoms with van der Waals surface area (Å²) in [6.45, 7) is 4.45. The molecule has 5 rings (SSSR count). The number of hydrogen-bond donors (Lipinski definition) is 1. The van der Waals surface area contributed by atoms with Gasteiger partial charge in [0.25, 0.3) is 5.56 Å². The Morgan fingerprint density at radius 1 is 1.06 bits per heavy atom. The van der Waals surface area contributed by atoms with E-state index < -0.39 is 0 Å². The van der Waals surface area contributed by atoms with E-state index in [4.69, 9.17) is 4.98 Å². The van der Waals surface area contributed by atoms with Crippen LogP contribution in [0.25, 0.3) is 34.1 Å². The second-order valence-electron chi connectivity index (χ2n) is 8.55. The van der Waals surface area contributed by atoms with Gasteiger partial charge in [-0.2, -0.15) is 0 Å². The summed E-state index contributed by atoms with van der Waals surface area (Å²) in [5.41, 5.74) is 6.83. The number of hydrogen-bond acceptors (Lipinski definition) is 3. The first-order chi connectivity index (χ1) is 15.6. The maximum absolute atomic E-state index is 13.6. The van der Waals surface area contributed by atoms with Crippen molar-refractivity contribution >= 4 is 17.0 Å². The van der Waals surface area contributed by atoms with Crippen LogP contribution in [0.5, 0.6) is 0 Å². The molecule has 0 fully saturated rings. The Morgan fingerprint density at radius 3 is 2.59 bits per heavy atom. The van der Waals surface area contributed by atoms with Crippen molar-refractivity contribution in [3.05, 3.63) is 99.3 Å². The molecule has 1 heterocycles. The molecule has 1 aromatic heterocycles. The molecule has 0 saturated heterocycles. The molecular formula is C28H26N2O2. The minimum atomic E-state index is -0.0750. The monoisotopic (exact) mass is 422 g/mol. The summed E-state index contributed by atoms with van der Waals surface area (Å²) in [5, 5.41) is 10.1. The van der Waals surface area contributed by atoms with Gasteiger partial charge in [-0.05, 0) is 71.4 Å². The highest BCUT2D eigenvalue weighted by Gasteiger charge is 2.18. The minimum Gasteiger partial charge on any atom is -0.392 e. The molecular weight excluding hydrogens is 396 g/mol. The minimum absolute atomic E-state index is 0.0610. The van der Waals surface area contributed by atoms with Gasteiger partial charge in [-0.25, -0.2) is 4.98 Å². The second kappa shape index (κ2) is 8.21. The van der Waals surface area contributed by atoms with Gasteiger partial charge < -0.3 is 5.11 Å². The highest BCUT2D eigenvalue weighted by molar-refractivity contribution is 5.81. The first-order valence-electron chi connectivity index (χ1n) is 11.1. The molecule has 0 bridgehead atoms. The largest absolute Gasteiger partial charge is 0.392 e. The molecule has 4 nitrogen and oxygen atoms in total. The third kappa shape index (κ3) is 3.47. The third-order valence-corrected chi connectivity index (χ3v) is 6.49. The fourth-order valence-electron chi connectivity index (χ4n) is 4.40. The number of benzene rings is 3. The van der Waals surface area contributed by atoms with Crippen LogP contribution < -0.4 is 5.56 Å². The molecule has 0 aliphatic heterocycles. The first kappa shape index (κ1) is 20.4. The van der Waals surface area contributed by atoms with Gasteiger partial charge in [0.2, 0.25) is 0 Å². The van der Waals surface area contributed by atoms with Crippen LogP contribution >= 0.6 is 0 Å². The van der Waals surface area contributed by atoms with Crippen molar-refractivity contribution in [2.75, 3.05) is 6.61 Å². The maximum Gasteiger partial charge on any atom is 0.266 e. The average molecular weight is 423 g/mol. The lowest BCUT2D eigenvalue weighted by atomic mass is 9.98. The highest BCUT2D eigenvalue weighted by Crippen LogP contribution is 2.30. The molecule has 3 aromatic carbocycles. The number of aliphatic hydroxyl groups is 1. The number of nitrogens with zero attached hydrogens (tertiary/aromatic N) is 2. The fraction of sp³-hybridized carbons (Fsp3) is 0.214. The van der Waals surface area contributed by atoms with E-state index in [0.717, 1.165) is 35.2 Å². The smallest absolute Gasteiger partial charge is 0.266 e. The van der Waals surface area contributed by atoms with Gasteiger partial charge in [0.1, 0.15) is 5.82 Å². The first-order valence-corrected chi connectivity index (χ1v) is 11.1. The van der Waals surface area contributed by atoms with Gasteiger partial charge in [0.05, 0.1) is 23.2 Å². The maximum atomic E-state index is 13.6. The summed E-state index contributed by atoms with van der Waals surface area (Å²) in [7, 11) is 0. The van der Waals surface area contributed by atoms with E-state index in [9.17, 15) is 9.90 Å². The van der Waals surface area contributed by atoms with Gasteiger partial charge in [-0.1, -0.05) is 56.3 Å². The van der Waals surface area contributed by atoms with Crippen LogP contribution in [0.3, 0.4) is 0 Å². The lowest BCUT2D eigenvalue weighted by molar-refractivity contribution is 0.330. The topological polar surface area (TPSA) is 55.1 Å². The van der Waals surface area contributed by atoms with Crippen molar-refractivity contribution in [3.8, 4) is 17.1 Å². The molecule has 1 unspecified atom stereocenters. The summed E-state index contributed by atoms with van der Waals surface area (Å²) in [6, 6.07) is 21.9. The summed E-state index contributed by atoms with van der Waals surface area (Å²) in [4.78, 5) is 18.5. The van der Waals surface area contributed by atoms with E-state index in [0.29, 0.717) is 22.6 Å². The van der Waals surface area contributed by atoms with E-state index >= 15 is 0 Å². The number of aromatic nitrogens is 2. The van der Waals surface area contributed by atoms with Crippen molar-refractivity contribution in [1.82, 2.24) is 9.55 Å². The molecule has 32 heavy (non-hydrogen) atoms. The predicted octanol–water partition coefficient (Wildman–Crippen LogP) is 5.50. The van der Waals surface area contributed by atoms with Crippen LogP contribution in [0.4, 0.5) is 0 Å². The van der Waals surface area contributed by atoms with Crippen molar-refractivity contribution in [1.29, 1.82) is 0 Å². The van der Waals surface area contributed by atoms with Crippen molar-refractivity contribution in [2.45, 2.75) is 32.6 Å². The zero-order valence-corrected chi connectivity index (χ0v) is 18.4. The molecule has 1 aliphatic rings. The van der Waals surface area contributed by atoms with Crippen LogP contribution in [-0.2, 0) is 6.42 Å². The Hall–Kier alpha value is -3.50. The molecule has 1 atom stereocenters. The zero-order valence-electron chi connectivity index (χ0n) is 18.4. The molecule has 4 aromatic rings. The lowest BCUT2D eigenvalue weighted by Crippen LogP contribution is -2.22. The molecule has 0 saturated carbocycles. The molecule has 0 spiro atoms. The van der Waals surface area contributed by atoms with Crippen molar-refractivity contribution in [3.63, 3.8) is 0 Å². The van der Waals surface area contributed by atoms with Crippen LogP contribution in [0.2, 0.25) is 0 Å². The molecule has 0 radical (unpaired) electrons. The summed E-state index contributed by atoms with van der Waals surface area (Å²) < 4.78 is 1.72. The molecule has 4 heteroatoms. The SMILES string of the molecule is CCC(C)c1ccc(-n2c(-c3ccc4c(c3)C=C(CO)C4)nc3ccccc3c2=O)cc1. The lowest BCUT2D eigenvalue weighted by Gasteiger charge is -2.16. The Balaban J connectivity index is 1.73. The predicted molar refractivity (Wildman–Crippen MR) is 130 cm³/mol. The van der Waals surface area contributed by atoms with Crippen LogP contribution in [0.1, 0.15) is 42.9 Å². The Kier molecular flexibility index (Phi) is 5.24. The standard InChI is InChI=1S/C28H26N2O2/c1-3-18(2)20-10-12-24(13-11-20)30-27(29-26-7-5-4-6-25(26)28(30)32)22-9-8-21-14-19(17-31)15-23(21)16-22/h4-13,15-16,18,31H,3,14,17H2,1-2H3. The Labute approximate surface area is 187 Å². The van der Waals surface area contributed by atoms with Crippen LogP contribution in [0, 0.1) is 0 Å². The van der Waals surface area contributed by atoms with Gasteiger partial charge >= 0.3 is 0 Å². The molecule has 1 aliphatic carbocycles. The quantitative estimate of drug-likeness (QED) is 0.462. The van der Waals surface area contributed by atoms with Gasteiger partial charge in [0, 0.05) is 5.56 Å². The fourth-order valence-corrected chi connectivity index (χ4v) is 4.40. The molecule has 0 amide bonds. The average Bonchev–Trinajstić information content (AvgIpc) is 3.26. The summed E-state index contributed by atoms with van der Waals surface area (Å²) in [5.74, 6) is 1.10. The zero-order chi connectivity index (χ0) is 22.2. The number of aliphatic hydroxyl groups excluding tert-OH is 1. The Morgan fingerprint density at radius 2 is 1.84 bits per heavy atom. The van der Waals surface area contributed by atoms with E-state index in [-0.39, 0.29) is 12.2 Å². The number of para-hydroxylation sites is 1. The molecule has 160 valence electrons. The van der Waals surface area contributed by atoms with E-state index in [1.165, 1.54) is 11.1 Å².